The fourth-order valence-electron chi connectivity index (χ4n) is 2.57. The Morgan fingerprint density at radius 2 is 2.41 bits per heavy atom. The predicted octanol–water partition coefficient (Wildman–Crippen LogP) is 1.92. The number of nitrogens with one attached hydrogen (secondary N) is 2. The zero-order chi connectivity index (χ0) is 11.7. The molecule has 5 nitrogen and oxygen atoms in total. The maximum atomic E-state index is 5.38. The van der Waals surface area contributed by atoms with Gasteiger partial charge in [0, 0.05) is 12.2 Å². The van der Waals surface area contributed by atoms with Gasteiger partial charge in [0.25, 0.3) is 0 Å². The molecule has 5 heteroatoms. The first-order valence-electron chi connectivity index (χ1n) is 6.03. The molecule has 0 spiro atoms. The van der Waals surface area contributed by atoms with E-state index in [1.807, 2.05) is 25.4 Å². The first-order chi connectivity index (χ1) is 8.38. The Hall–Kier alpha value is -1.62. The van der Waals surface area contributed by atoms with Crippen molar-refractivity contribution in [2.75, 3.05) is 7.05 Å². The van der Waals surface area contributed by atoms with Crippen molar-refractivity contribution in [3.8, 4) is 11.5 Å². The monoisotopic (exact) mass is 232 g/mol. The molecule has 3 rings (SSSR count). The fourth-order valence-corrected chi connectivity index (χ4v) is 2.57. The van der Waals surface area contributed by atoms with E-state index in [2.05, 4.69) is 20.4 Å². The van der Waals surface area contributed by atoms with Crippen LogP contribution in [0.25, 0.3) is 11.5 Å². The molecular formula is C12H16N4O. The molecule has 2 aromatic heterocycles. The van der Waals surface area contributed by atoms with Crippen LogP contribution in [-0.2, 0) is 0 Å². The van der Waals surface area contributed by atoms with E-state index in [0.717, 1.165) is 18.0 Å². The summed E-state index contributed by atoms with van der Waals surface area (Å²) in [5.41, 5.74) is 0.902. The number of likely N-dealkylation sites (N-methyl/N-ethyl adjacent to an activating group) is 1. The molecule has 0 bridgehead atoms. The maximum absolute atomic E-state index is 5.38. The Bertz CT molecular complexity index is 476. The summed E-state index contributed by atoms with van der Waals surface area (Å²) < 4.78 is 5.38. The van der Waals surface area contributed by atoms with Crippen LogP contribution in [0.15, 0.2) is 22.9 Å². The molecule has 0 aliphatic heterocycles. The second-order valence-electron chi connectivity index (χ2n) is 4.47. The van der Waals surface area contributed by atoms with Crippen molar-refractivity contribution in [2.24, 2.45) is 0 Å². The molecule has 2 heterocycles. The van der Waals surface area contributed by atoms with E-state index < -0.39 is 0 Å². The first kappa shape index (κ1) is 10.5. The smallest absolute Gasteiger partial charge is 0.231 e. The molecule has 2 unspecified atom stereocenters. The van der Waals surface area contributed by atoms with Gasteiger partial charge >= 0.3 is 0 Å². The predicted molar refractivity (Wildman–Crippen MR) is 63.5 cm³/mol. The molecule has 1 aliphatic rings. The summed E-state index contributed by atoms with van der Waals surface area (Å²) in [7, 11) is 1.99. The quantitative estimate of drug-likeness (QED) is 0.848. The first-order valence-corrected chi connectivity index (χ1v) is 6.03. The number of H-pyrrole nitrogens is 1. The van der Waals surface area contributed by atoms with Crippen LogP contribution in [0, 0.1) is 0 Å². The molecule has 0 radical (unpaired) electrons. The van der Waals surface area contributed by atoms with Crippen molar-refractivity contribution in [3.63, 3.8) is 0 Å². The van der Waals surface area contributed by atoms with Crippen LogP contribution in [0.4, 0.5) is 0 Å². The van der Waals surface area contributed by atoms with Crippen LogP contribution in [-0.4, -0.2) is 28.2 Å². The highest BCUT2D eigenvalue weighted by atomic mass is 16.5. The summed E-state index contributed by atoms with van der Waals surface area (Å²) in [4.78, 5) is 7.57. The van der Waals surface area contributed by atoms with Crippen LogP contribution < -0.4 is 5.32 Å². The Morgan fingerprint density at radius 1 is 1.47 bits per heavy atom. The molecule has 1 saturated carbocycles. The van der Waals surface area contributed by atoms with Crippen molar-refractivity contribution in [1.82, 2.24) is 20.4 Å². The topological polar surface area (TPSA) is 66.7 Å². The average Bonchev–Trinajstić information content (AvgIpc) is 3.09. The summed E-state index contributed by atoms with van der Waals surface area (Å²) in [5.74, 6) is 1.76. The van der Waals surface area contributed by atoms with E-state index in [1.165, 1.54) is 12.8 Å². The lowest BCUT2D eigenvalue weighted by Gasteiger charge is -2.14. The van der Waals surface area contributed by atoms with E-state index >= 15 is 0 Å². The highest BCUT2D eigenvalue weighted by Crippen LogP contribution is 2.34. The third-order valence-corrected chi connectivity index (χ3v) is 3.48. The minimum atomic E-state index is 0.358. The minimum Gasteiger partial charge on any atom is -0.359 e. The third-order valence-electron chi connectivity index (χ3n) is 3.48. The Kier molecular flexibility index (Phi) is 2.68. The number of hydrogen-bond acceptors (Lipinski definition) is 4. The van der Waals surface area contributed by atoms with Crippen molar-refractivity contribution < 1.29 is 4.52 Å². The highest BCUT2D eigenvalue weighted by molar-refractivity contribution is 5.47. The zero-order valence-corrected chi connectivity index (χ0v) is 9.81. The largest absolute Gasteiger partial charge is 0.359 e. The van der Waals surface area contributed by atoms with E-state index in [-0.39, 0.29) is 0 Å². The summed E-state index contributed by atoms with van der Waals surface area (Å²) >= 11 is 0. The Labute approximate surface area is 99.6 Å². The Morgan fingerprint density at radius 3 is 3.18 bits per heavy atom. The maximum Gasteiger partial charge on any atom is 0.231 e. The van der Waals surface area contributed by atoms with Crippen LogP contribution in [0.2, 0.25) is 0 Å². The number of nitrogens with zero attached hydrogens (tertiary/aromatic N) is 2. The van der Waals surface area contributed by atoms with E-state index in [9.17, 15) is 0 Å². The summed E-state index contributed by atoms with van der Waals surface area (Å²) in [6, 6.07) is 4.34. The van der Waals surface area contributed by atoms with Crippen molar-refractivity contribution in [1.29, 1.82) is 0 Å². The average molecular weight is 232 g/mol. The van der Waals surface area contributed by atoms with Crippen molar-refractivity contribution >= 4 is 0 Å². The standard InChI is InChI=1S/C12H16N4O/c1-13-9-5-2-4-8(9)12-15-11(16-17-12)10-6-3-7-14-10/h3,6-9,13-14H,2,4-5H2,1H3. The number of aromatic amines is 1. The molecule has 2 N–H and O–H groups in total. The van der Waals surface area contributed by atoms with Crippen LogP contribution >= 0.6 is 0 Å². The van der Waals surface area contributed by atoms with E-state index in [0.29, 0.717) is 17.8 Å². The molecule has 1 aliphatic carbocycles. The van der Waals surface area contributed by atoms with E-state index in [1.54, 1.807) is 0 Å². The minimum absolute atomic E-state index is 0.358. The van der Waals surface area contributed by atoms with Gasteiger partial charge in [0.15, 0.2) is 0 Å². The normalized spacial score (nSPS) is 24.3. The highest BCUT2D eigenvalue weighted by Gasteiger charge is 2.31. The van der Waals surface area contributed by atoms with Gasteiger partial charge < -0.3 is 14.8 Å². The number of hydrogen-bond donors (Lipinski definition) is 2. The molecule has 90 valence electrons. The lowest BCUT2D eigenvalue weighted by Crippen LogP contribution is -2.27. The fraction of sp³-hybridized carbons (Fsp3) is 0.500. The molecule has 17 heavy (non-hydrogen) atoms. The molecule has 2 aromatic rings. The van der Waals surface area contributed by atoms with Gasteiger partial charge in [-0.25, -0.2) is 0 Å². The number of rotatable bonds is 3. The van der Waals surface area contributed by atoms with Gasteiger partial charge in [-0.3, -0.25) is 0 Å². The second kappa shape index (κ2) is 4.33. The molecule has 0 aromatic carbocycles. The SMILES string of the molecule is CNC1CCCC1c1nc(-c2ccc[nH]2)no1. The van der Waals surface area contributed by atoms with Gasteiger partial charge in [-0.05, 0) is 32.0 Å². The molecular weight excluding hydrogens is 216 g/mol. The summed E-state index contributed by atoms with van der Waals surface area (Å²) in [6.45, 7) is 0. The van der Waals surface area contributed by atoms with Gasteiger partial charge in [0.05, 0.1) is 11.6 Å². The zero-order valence-electron chi connectivity index (χ0n) is 9.81. The molecule has 0 amide bonds. The lowest BCUT2D eigenvalue weighted by atomic mass is 10.0. The van der Waals surface area contributed by atoms with Gasteiger partial charge in [0.1, 0.15) is 0 Å². The van der Waals surface area contributed by atoms with Crippen LogP contribution in [0.5, 0.6) is 0 Å². The van der Waals surface area contributed by atoms with Gasteiger partial charge in [-0.1, -0.05) is 11.6 Å². The van der Waals surface area contributed by atoms with Crippen LogP contribution in [0.1, 0.15) is 31.1 Å². The van der Waals surface area contributed by atoms with Crippen LogP contribution in [0.3, 0.4) is 0 Å². The number of aromatic nitrogens is 3. The molecule has 1 fully saturated rings. The molecule has 2 atom stereocenters. The van der Waals surface area contributed by atoms with Crippen molar-refractivity contribution in [3.05, 3.63) is 24.2 Å². The molecule has 0 saturated heterocycles. The van der Waals surface area contributed by atoms with Crippen molar-refractivity contribution in [2.45, 2.75) is 31.2 Å². The lowest BCUT2D eigenvalue weighted by molar-refractivity contribution is 0.335. The second-order valence-corrected chi connectivity index (χ2v) is 4.47. The van der Waals surface area contributed by atoms with E-state index in [4.69, 9.17) is 4.52 Å². The van der Waals surface area contributed by atoms with Gasteiger partial charge in [-0.15, -0.1) is 0 Å². The summed E-state index contributed by atoms with van der Waals surface area (Å²) in [5, 5.41) is 7.35. The third kappa shape index (κ3) is 1.86. The Balaban J connectivity index is 1.85. The summed E-state index contributed by atoms with van der Waals surface area (Å²) in [6.07, 6.45) is 5.38. The van der Waals surface area contributed by atoms with Gasteiger partial charge in [-0.2, -0.15) is 4.98 Å². The van der Waals surface area contributed by atoms with Gasteiger partial charge in [0.2, 0.25) is 11.7 Å².